The molecule has 0 aliphatic carbocycles. The molecule has 1 aliphatic heterocycles. The maximum Gasteiger partial charge on any atom is 0.290 e. The van der Waals surface area contributed by atoms with Crippen LogP contribution in [0.15, 0.2) is 66.7 Å². The van der Waals surface area contributed by atoms with Crippen LogP contribution in [0.5, 0.6) is 0 Å². The van der Waals surface area contributed by atoms with E-state index in [1.165, 1.54) is 0 Å². The van der Waals surface area contributed by atoms with Crippen molar-refractivity contribution in [2.45, 2.75) is 31.5 Å². The van der Waals surface area contributed by atoms with Crippen LogP contribution in [-0.2, 0) is 14.3 Å². The highest BCUT2D eigenvalue weighted by molar-refractivity contribution is 6.02. The van der Waals surface area contributed by atoms with Gasteiger partial charge in [-0.2, -0.15) is 0 Å². The van der Waals surface area contributed by atoms with Gasteiger partial charge in [-0.25, -0.2) is 0 Å². The highest BCUT2D eigenvalue weighted by Gasteiger charge is 2.28. The van der Waals surface area contributed by atoms with Crippen LogP contribution in [0.3, 0.4) is 0 Å². The van der Waals surface area contributed by atoms with E-state index in [9.17, 15) is 4.79 Å². The molecule has 2 N–H and O–H groups in total. The fourth-order valence-electron chi connectivity index (χ4n) is 2.91. The second-order valence-corrected chi connectivity index (χ2v) is 6.33. The summed E-state index contributed by atoms with van der Waals surface area (Å²) in [5.74, 6) is -0.0591. The number of amides is 1. The Labute approximate surface area is 158 Å². The number of hydrogen-bond acceptors (Lipinski definition) is 5. The molecule has 2 atom stereocenters. The molecular formula is C21H24N2O4. The first-order valence-electron chi connectivity index (χ1n) is 9.13. The van der Waals surface area contributed by atoms with Crippen LogP contribution >= 0.6 is 0 Å². The van der Waals surface area contributed by atoms with E-state index in [2.05, 4.69) is 10.3 Å². The predicted octanol–water partition coefficient (Wildman–Crippen LogP) is 3.22. The summed E-state index contributed by atoms with van der Waals surface area (Å²) in [4.78, 5) is 16.6. The molecule has 6 nitrogen and oxygen atoms in total. The largest absolute Gasteiger partial charge is 0.459 e. The number of rotatable bonds is 8. The Morgan fingerprint density at radius 2 is 2.07 bits per heavy atom. The molecule has 27 heavy (non-hydrogen) atoms. The van der Waals surface area contributed by atoms with Gasteiger partial charge < -0.3 is 19.9 Å². The summed E-state index contributed by atoms with van der Waals surface area (Å²) in [6.45, 7) is 0.616. The van der Waals surface area contributed by atoms with E-state index in [1.54, 1.807) is 24.5 Å². The van der Waals surface area contributed by atoms with Gasteiger partial charge in [0.05, 0.1) is 18.5 Å². The molecule has 0 fully saturated rings. The lowest BCUT2D eigenvalue weighted by molar-refractivity contribution is -0.143. The normalized spacial score (nSPS) is 19.1. The second kappa shape index (κ2) is 9.85. The van der Waals surface area contributed by atoms with E-state index < -0.39 is 6.29 Å². The minimum atomic E-state index is -0.506. The lowest BCUT2D eigenvalue weighted by Crippen LogP contribution is -2.29. The average molecular weight is 368 g/mol. The Morgan fingerprint density at radius 3 is 2.81 bits per heavy atom. The third kappa shape index (κ3) is 5.64. The molecule has 0 saturated heterocycles. The molecule has 0 radical (unpaired) electrons. The van der Waals surface area contributed by atoms with Crippen molar-refractivity contribution in [1.82, 2.24) is 4.98 Å². The number of hydrogen-bond donors (Lipinski definition) is 2. The number of anilines is 1. The second-order valence-electron chi connectivity index (χ2n) is 6.33. The summed E-state index contributed by atoms with van der Waals surface area (Å²) < 4.78 is 11.6. The molecule has 2 heterocycles. The van der Waals surface area contributed by atoms with E-state index in [4.69, 9.17) is 14.6 Å². The Balaban J connectivity index is 1.72. The van der Waals surface area contributed by atoms with Crippen molar-refractivity contribution < 1.29 is 19.4 Å². The number of carbonyl (C=O) groups is 1. The minimum Gasteiger partial charge on any atom is -0.459 e. The number of aliphatic hydroxyl groups is 1. The predicted molar refractivity (Wildman–Crippen MR) is 102 cm³/mol. The summed E-state index contributed by atoms with van der Waals surface area (Å²) in [7, 11) is 0. The topological polar surface area (TPSA) is 80.7 Å². The van der Waals surface area contributed by atoms with Crippen LogP contribution in [0.4, 0.5) is 5.69 Å². The number of allylic oxidation sites excluding steroid dienone is 1. The zero-order valence-corrected chi connectivity index (χ0v) is 15.1. The summed E-state index contributed by atoms with van der Waals surface area (Å²) >= 11 is 0. The fourth-order valence-corrected chi connectivity index (χ4v) is 2.91. The number of pyridine rings is 1. The molecule has 3 rings (SSSR count). The van der Waals surface area contributed by atoms with Gasteiger partial charge in [-0.15, -0.1) is 0 Å². The van der Waals surface area contributed by atoms with Crippen LogP contribution in [-0.4, -0.2) is 35.5 Å². The first-order valence-corrected chi connectivity index (χ1v) is 9.13. The van der Waals surface area contributed by atoms with Crippen molar-refractivity contribution in [3.8, 4) is 0 Å². The van der Waals surface area contributed by atoms with E-state index in [0.717, 1.165) is 12.0 Å². The van der Waals surface area contributed by atoms with Gasteiger partial charge >= 0.3 is 0 Å². The summed E-state index contributed by atoms with van der Waals surface area (Å²) in [5.41, 5.74) is 1.71. The number of unbranched alkanes of at least 4 members (excludes halogenated alkanes) is 1. The van der Waals surface area contributed by atoms with E-state index in [0.29, 0.717) is 25.1 Å². The molecule has 0 saturated carbocycles. The zero-order valence-electron chi connectivity index (χ0n) is 15.1. The molecule has 1 aliphatic rings. The first kappa shape index (κ1) is 19.1. The number of ether oxygens (including phenoxy) is 2. The summed E-state index contributed by atoms with van der Waals surface area (Å²) in [6.07, 6.45) is 6.62. The van der Waals surface area contributed by atoms with E-state index in [-0.39, 0.29) is 24.2 Å². The van der Waals surface area contributed by atoms with Crippen LogP contribution in [0.1, 0.15) is 30.7 Å². The number of benzene rings is 1. The van der Waals surface area contributed by atoms with Gasteiger partial charge in [0.15, 0.2) is 5.76 Å². The first-order chi connectivity index (χ1) is 13.3. The molecule has 1 aromatic heterocycles. The lowest BCUT2D eigenvalue weighted by Gasteiger charge is -2.29. The number of nitrogens with one attached hydrogen (secondary N) is 1. The van der Waals surface area contributed by atoms with Crippen LogP contribution < -0.4 is 5.32 Å². The quantitative estimate of drug-likeness (QED) is 0.699. The summed E-state index contributed by atoms with van der Waals surface area (Å²) in [6, 6.07) is 13.5. The van der Waals surface area contributed by atoms with Gasteiger partial charge in [-0.3, -0.25) is 9.78 Å². The van der Waals surface area contributed by atoms with Crippen molar-refractivity contribution >= 4 is 11.6 Å². The molecule has 0 bridgehead atoms. The Morgan fingerprint density at radius 1 is 1.22 bits per heavy atom. The smallest absolute Gasteiger partial charge is 0.290 e. The Bertz CT molecular complexity index is 749. The lowest BCUT2D eigenvalue weighted by atomic mass is 9.93. The third-order valence-corrected chi connectivity index (χ3v) is 4.28. The van der Waals surface area contributed by atoms with Gasteiger partial charge in [-0.05, 0) is 36.6 Å². The van der Waals surface area contributed by atoms with E-state index >= 15 is 0 Å². The zero-order chi connectivity index (χ0) is 18.9. The van der Waals surface area contributed by atoms with Gasteiger partial charge in [0.2, 0.25) is 6.29 Å². The Hall–Kier alpha value is -2.70. The highest BCUT2D eigenvalue weighted by Crippen LogP contribution is 2.31. The van der Waals surface area contributed by atoms with Crippen LogP contribution in [0.2, 0.25) is 0 Å². The van der Waals surface area contributed by atoms with Crippen LogP contribution in [0.25, 0.3) is 0 Å². The molecule has 6 heteroatoms. The SMILES string of the molecule is O=C(Nc1cccnc1)C1=C[C@@H](c2ccccc2)C[C@@H](OCCCCO)O1. The highest BCUT2D eigenvalue weighted by atomic mass is 16.7. The molecule has 0 spiro atoms. The standard InChI is InChI=1S/C21H24N2O4/c24-11-4-5-12-26-20-14-17(16-7-2-1-3-8-16)13-19(27-20)21(25)23-18-9-6-10-22-15-18/h1-3,6-10,13,15,17,20,24H,4-5,11-12,14H2,(H,23,25)/t17-,20+/m1/s1. The van der Waals surface area contributed by atoms with Crippen molar-refractivity contribution in [1.29, 1.82) is 0 Å². The number of carbonyl (C=O) groups excluding carboxylic acids is 1. The van der Waals surface area contributed by atoms with Crippen molar-refractivity contribution in [2.75, 3.05) is 18.5 Å². The average Bonchev–Trinajstić information content (AvgIpc) is 2.72. The van der Waals surface area contributed by atoms with Gasteiger partial charge in [-0.1, -0.05) is 30.3 Å². The molecular weight excluding hydrogens is 344 g/mol. The monoisotopic (exact) mass is 368 g/mol. The number of aliphatic hydroxyl groups excluding tert-OH is 1. The fraction of sp³-hybridized carbons (Fsp3) is 0.333. The van der Waals surface area contributed by atoms with Gasteiger partial charge in [0, 0.05) is 25.1 Å². The number of nitrogens with zero attached hydrogens (tertiary/aromatic N) is 1. The molecule has 1 amide bonds. The third-order valence-electron chi connectivity index (χ3n) is 4.28. The molecule has 1 aromatic carbocycles. The van der Waals surface area contributed by atoms with Gasteiger partial charge in [0.1, 0.15) is 0 Å². The molecule has 0 unspecified atom stereocenters. The van der Waals surface area contributed by atoms with Crippen molar-refractivity contribution in [3.05, 3.63) is 72.3 Å². The van der Waals surface area contributed by atoms with Crippen molar-refractivity contribution in [3.63, 3.8) is 0 Å². The Kier molecular flexibility index (Phi) is 6.96. The van der Waals surface area contributed by atoms with Crippen molar-refractivity contribution in [2.24, 2.45) is 0 Å². The van der Waals surface area contributed by atoms with Crippen LogP contribution in [0, 0.1) is 0 Å². The maximum atomic E-state index is 12.6. The van der Waals surface area contributed by atoms with Gasteiger partial charge in [0.25, 0.3) is 5.91 Å². The summed E-state index contributed by atoms with van der Waals surface area (Å²) in [5, 5.41) is 11.7. The maximum absolute atomic E-state index is 12.6. The minimum absolute atomic E-state index is 0.0254. The molecule has 142 valence electrons. The van der Waals surface area contributed by atoms with E-state index in [1.807, 2.05) is 36.4 Å². The number of aromatic nitrogens is 1. The molecule has 2 aromatic rings.